The van der Waals surface area contributed by atoms with Crippen LogP contribution in [0.1, 0.15) is 38.3 Å². The highest BCUT2D eigenvalue weighted by atomic mass is 16.4. The van der Waals surface area contributed by atoms with Crippen molar-refractivity contribution < 1.29 is 4.42 Å². The summed E-state index contributed by atoms with van der Waals surface area (Å²) in [6.07, 6.45) is 7.61. The molecule has 15 heavy (non-hydrogen) atoms. The van der Waals surface area contributed by atoms with Gasteiger partial charge in [-0.1, -0.05) is 6.92 Å². The Hall–Kier alpha value is -1.38. The van der Waals surface area contributed by atoms with E-state index in [1.54, 1.807) is 0 Å². The van der Waals surface area contributed by atoms with Crippen LogP contribution in [-0.2, 0) is 12.8 Å². The largest absolute Gasteiger partial charge is 0.446 e. The number of allylic oxidation sites excluding steroid dienone is 1. The molecule has 0 N–H and O–H groups in total. The van der Waals surface area contributed by atoms with E-state index in [1.807, 2.05) is 12.4 Å². The highest BCUT2D eigenvalue weighted by Crippen LogP contribution is 2.17. The fraction of sp³-hybridized carbons (Fsp3) is 0.500. The van der Waals surface area contributed by atoms with Crippen molar-refractivity contribution >= 4 is 5.71 Å². The summed E-state index contributed by atoms with van der Waals surface area (Å²) < 4.78 is 5.54. The molecule has 1 aromatic heterocycles. The van der Waals surface area contributed by atoms with Crippen LogP contribution in [-0.4, -0.2) is 10.7 Å². The Morgan fingerprint density at radius 1 is 1.40 bits per heavy atom. The maximum absolute atomic E-state index is 5.54. The number of rotatable bonds is 4. The van der Waals surface area contributed by atoms with Crippen LogP contribution in [0.3, 0.4) is 0 Å². The summed E-state index contributed by atoms with van der Waals surface area (Å²) in [5.41, 5.74) is 2.58. The number of hydrogen-bond donors (Lipinski definition) is 0. The van der Waals surface area contributed by atoms with Crippen molar-refractivity contribution in [3.05, 3.63) is 29.6 Å². The van der Waals surface area contributed by atoms with Crippen LogP contribution < -0.4 is 0 Å². The Balaban J connectivity index is 1.84. The molecule has 2 rings (SSSR count). The van der Waals surface area contributed by atoms with E-state index in [4.69, 9.17) is 4.42 Å². The lowest BCUT2D eigenvalue weighted by atomic mass is 10.1. The second-order valence-electron chi connectivity index (χ2n) is 3.90. The zero-order valence-corrected chi connectivity index (χ0v) is 9.29. The number of aliphatic imine (C=N–C) groups is 1. The van der Waals surface area contributed by atoms with Gasteiger partial charge in [0.15, 0.2) is 5.89 Å². The fourth-order valence-corrected chi connectivity index (χ4v) is 1.67. The highest BCUT2D eigenvalue weighted by Gasteiger charge is 2.08. The minimum absolute atomic E-state index is 0.845. The maximum atomic E-state index is 5.54. The molecule has 3 heteroatoms. The van der Waals surface area contributed by atoms with Gasteiger partial charge in [-0.15, -0.1) is 0 Å². The van der Waals surface area contributed by atoms with Gasteiger partial charge in [0.25, 0.3) is 0 Å². The molecule has 2 heterocycles. The van der Waals surface area contributed by atoms with Crippen LogP contribution in [0, 0.1) is 0 Å². The van der Waals surface area contributed by atoms with Crippen molar-refractivity contribution in [2.24, 2.45) is 4.99 Å². The van der Waals surface area contributed by atoms with E-state index in [2.05, 4.69) is 23.8 Å². The average molecular weight is 204 g/mol. The quantitative estimate of drug-likeness (QED) is 0.756. The first-order chi connectivity index (χ1) is 7.28. The van der Waals surface area contributed by atoms with Crippen molar-refractivity contribution in [1.29, 1.82) is 0 Å². The lowest BCUT2D eigenvalue weighted by molar-refractivity contribution is 0.457. The number of nitrogens with zero attached hydrogens (tertiary/aromatic N) is 2. The Morgan fingerprint density at radius 3 is 2.87 bits per heavy atom. The predicted molar refractivity (Wildman–Crippen MR) is 60.0 cm³/mol. The van der Waals surface area contributed by atoms with E-state index in [0.29, 0.717) is 0 Å². The Labute approximate surface area is 89.9 Å². The lowest BCUT2D eigenvalue weighted by Gasteiger charge is -1.98. The molecule has 1 aromatic rings. The van der Waals surface area contributed by atoms with Gasteiger partial charge >= 0.3 is 0 Å². The second-order valence-corrected chi connectivity index (χ2v) is 3.90. The SMILES string of the molecule is CCc1cnc(CCC2=CN=C(C)C2)o1. The predicted octanol–water partition coefficient (Wildman–Crippen LogP) is 2.92. The average Bonchev–Trinajstić information content (AvgIpc) is 2.83. The van der Waals surface area contributed by atoms with Crippen LogP contribution >= 0.6 is 0 Å². The van der Waals surface area contributed by atoms with Gasteiger partial charge in [0.05, 0.1) is 6.20 Å². The van der Waals surface area contributed by atoms with Gasteiger partial charge in [0.2, 0.25) is 0 Å². The molecule has 1 aliphatic heterocycles. The van der Waals surface area contributed by atoms with Gasteiger partial charge in [-0.3, -0.25) is 4.99 Å². The summed E-state index contributed by atoms with van der Waals surface area (Å²) in [6, 6.07) is 0. The van der Waals surface area contributed by atoms with E-state index < -0.39 is 0 Å². The van der Waals surface area contributed by atoms with Gasteiger partial charge in [-0.25, -0.2) is 4.98 Å². The van der Waals surface area contributed by atoms with E-state index in [9.17, 15) is 0 Å². The molecule has 0 bridgehead atoms. The molecule has 0 aromatic carbocycles. The molecular formula is C12H16N2O. The minimum Gasteiger partial charge on any atom is -0.446 e. The van der Waals surface area contributed by atoms with Crippen LogP contribution in [0.2, 0.25) is 0 Å². The monoisotopic (exact) mass is 204 g/mol. The minimum atomic E-state index is 0.845. The van der Waals surface area contributed by atoms with Crippen molar-refractivity contribution in [1.82, 2.24) is 4.98 Å². The molecule has 0 atom stereocenters. The topological polar surface area (TPSA) is 38.4 Å². The van der Waals surface area contributed by atoms with Gasteiger partial charge < -0.3 is 4.42 Å². The molecule has 1 aliphatic rings. The third-order valence-electron chi connectivity index (χ3n) is 2.56. The van der Waals surface area contributed by atoms with E-state index in [0.717, 1.165) is 37.3 Å². The Bertz CT molecular complexity index is 402. The van der Waals surface area contributed by atoms with Crippen LogP contribution in [0.15, 0.2) is 27.4 Å². The van der Waals surface area contributed by atoms with Crippen molar-refractivity contribution in [2.45, 2.75) is 39.5 Å². The summed E-state index contributed by atoms with van der Waals surface area (Å²) in [7, 11) is 0. The van der Waals surface area contributed by atoms with Crippen molar-refractivity contribution in [3.63, 3.8) is 0 Å². The Kier molecular flexibility index (Phi) is 2.99. The third-order valence-corrected chi connectivity index (χ3v) is 2.56. The molecule has 0 saturated carbocycles. The van der Waals surface area contributed by atoms with E-state index in [1.165, 1.54) is 11.3 Å². The zero-order valence-electron chi connectivity index (χ0n) is 9.29. The number of oxazole rings is 1. The second kappa shape index (κ2) is 4.43. The Morgan fingerprint density at radius 2 is 2.27 bits per heavy atom. The van der Waals surface area contributed by atoms with Gasteiger partial charge in [-0.05, 0) is 18.9 Å². The summed E-state index contributed by atoms with van der Waals surface area (Å²) >= 11 is 0. The van der Waals surface area contributed by atoms with Gasteiger partial charge in [0.1, 0.15) is 5.76 Å². The third kappa shape index (κ3) is 2.55. The van der Waals surface area contributed by atoms with E-state index >= 15 is 0 Å². The lowest BCUT2D eigenvalue weighted by Crippen LogP contribution is -1.91. The first kappa shape index (κ1) is 10.1. The summed E-state index contributed by atoms with van der Waals surface area (Å²) in [5.74, 6) is 1.81. The zero-order chi connectivity index (χ0) is 10.7. The van der Waals surface area contributed by atoms with Crippen LogP contribution in [0.4, 0.5) is 0 Å². The molecule has 0 saturated heterocycles. The first-order valence-electron chi connectivity index (χ1n) is 5.42. The molecule has 0 fully saturated rings. The number of aromatic nitrogens is 1. The fourth-order valence-electron chi connectivity index (χ4n) is 1.67. The molecule has 0 unspecified atom stereocenters. The van der Waals surface area contributed by atoms with Crippen LogP contribution in [0.25, 0.3) is 0 Å². The molecule has 3 nitrogen and oxygen atoms in total. The normalized spacial score (nSPS) is 15.3. The smallest absolute Gasteiger partial charge is 0.194 e. The van der Waals surface area contributed by atoms with Crippen LogP contribution in [0.5, 0.6) is 0 Å². The molecular weight excluding hydrogens is 188 g/mol. The summed E-state index contributed by atoms with van der Waals surface area (Å²) in [5, 5.41) is 0. The van der Waals surface area contributed by atoms with E-state index in [-0.39, 0.29) is 0 Å². The van der Waals surface area contributed by atoms with Gasteiger partial charge in [-0.2, -0.15) is 0 Å². The first-order valence-corrected chi connectivity index (χ1v) is 5.42. The molecule has 0 radical (unpaired) electrons. The molecule has 80 valence electrons. The number of hydrogen-bond acceptors (Lipinski definition) is 3. The molecule has 0 amide bonds. The van der Waals surface area contributed by atoms with Crippen molar-refractivity contribution in [2.75, 3.05) is 0 Å². The standard InChI is InChI=1S/C12H16N2O/c1-3-11-8-14-12(15-11)5-4-10-6-9(2)13-7-10/h7-8H,3-6H2,1-2H3. The summed E-state index contributed by atoms with van der Waals surface area (Å²) in [4.78, 5) is 8.49. The molecule has 0 spiro atoms. The number of aryl methyl sites for hydroxylation is 2. The molecule has 0 aliphatic carbocycles. The van der Waals surface area contributed by atoms with Gasteiger partial charge in [0, 0.05) is 31.2 Å². The maximum Gasteiger partial charge on any atom is 0.194 e. The summed E-state index contributed by atoms with van der Waals surface area (Å²) in [6.45, 7) is 4.13. The van der Waals surface area contributed by atoms with Crippen molar-refractivity contribution in [3.8, 4) is 0 Å². The highest BCUT2D eigenvalue weighted by molar-refractivity contribution is 5.86.